The van der Waals surface area contributed by atoms with Gasteiger partial charge in [-0.25, -0.2) is 4.98 Å². The molecule has 1 saturated carbocycles. The molecule has 1 aliphatic carbocycles. The number of nitrogens with zero attached hydrogens (tertiary/aromatic N) is 2. The molecule has 0 aromatic carbocycles. The highest BCUT2D eigenvalue weighted by molar-refractivity contribution is 9.10. The summed E-state index contributed by atoms with van der Waals surface area (Å²) in [5.41, 5.74) is 0.650. The zero-order valence-electron chi connectivity index (χ0n) is 7.43. The zero-order chi connectivity index (χ0) is 10.2. The van der Waals surface area contributed by atoms with Crippen molar-refractivity contribution in [3.8, 4) is 6.07 Å². The van der Waals surface area contributed by atoms with Crippen molar-refractivity contribution in [3.63, 3.8) is 0 Å². The van der Waals surface area contributed by atoms with Gasteiger partial charge in [0.1, 0.15) is 5.15 Å². The predicted molar refractivity (Wildman–Crippen MR) is 58.1 cm³/mol. The third-order valence-corrected chi connectivity index (χ3v) is 3.60. The fraction of sp³-hybridized carbons (Fsp3) is 0.400. The van der Waals surface area contributed by atoms with E-state index in [1.165, 1.54) is 0 Å². The Morgan fingerprint density at radius 1 is 1.57 bits per heavy atom. The molecule has 4 heteroatoms. The Morgan fingerprint density at radius 3 is 2.79 bits per heavy atom. The summed E-state index contributed by atoms with van der Waals surface area (Å²) in [7, 11) is 0. The number of hydrogen-bond donors (Lipinski definition) is 0. The molecule has 0 N–H and O–H groups in total. The van der Waals surface area contributed by atoms with Gasteiger partial charge in [0, 0.05) is 10.7 Å². The van der Waals surface area contributed by atoms with Gasteiger partial charge in [0.25, 0.3) is 0 Å². The van der Waals surface area contributed by atoms with Crippen LogP contribution in [0.5, 0.6) is 0 Å². The number of pyridine rings is 1. The Bertz CT molecular complexity index is 407. The maximum atomic E-state index is 9.17. The Morgan fingerprint density at radius 2 is 2.29 bits per heavy atom. The zero-order valence-corrected chi connectivity index (χ0v) is 9.77. The van der Waals surface area contributed by atoms with E-state index in [1.54, 1.807) is 12.3 Å². The maximum absolute atomic E-state index is 9.17. The molecule has 0 atom stereocenters. The van der Waals surface area contributed by atoms with Gasteiger partial charge in [-0.1, -0.05) is 11.6 Å². The van der Waals surface area contributed by atoms with Crippen LogP contribution in [0.15, 0.2) is 16.7 Å². The number of rotatable bonds is 1. The molecule has 1 heterocycles. The summed E-state index contributed by atoms with van der Waals surface area (Å²) in [4.78, 5) is 3.95. The molecule has 0 radical (unpaired) electrons. The standard InChI is InChI=1S/C10H8BrClN2/c11-8-5-14-9(12)4-7(8)10(6-13)2-1-3-10/h4-5H,1-3H2. The normalized spacial score (nSPS) is 18.4. The summed E-state index contributed by atoms with van der Waals surface area (Å²) in [6, 6.07) is 4.17. The maximum Gasteiger partial charge on any atom is 0.129 e. The smallest absolute Gasteiger partial charge is 0.129 e. The van der Waals surface area contributed by atoms with Crippen molar-refractivity contribution in [1.29, 1.82) is 5.26 Å². The highest BCUT2D eigenvalue weighted by atomic mass is 79.9. The SMILES string of the molecule is N#CC1(c2cc(Cl)ncc2Br)CCC1. The van der Waals surface area contributed by atoms with Gasteiger partial charge in [0.2, 0.25) is 0 Å². The topological polar surface area (TPSA) is 36.7 Å². The first kappa shape index (κ1) is 9.95. The van der Waals surface area contributed by atoms with Crippen LogP contribution in [0.1, 0.15) is 24.8 Å². The monoisotopic (exact) mass is 270 g/mol. The van der Waals surface area contributed by atoms with Crippen molar-refractivity contribution >= 4 is 27.5 Å². The molecule has 0 amide bonds. The van der Waals surface area contributed by atoms with E-state index in [1.807, 2.05) is 0 Å². The molecule has 0 saturated heterocycles. The lowest BCUT2D eigenvalue weighted by molar-refractivity contribution is 0.322. The van der Waals surface area contributed by atoms with Gasteiger partial charge in [-0.05, 0) is 46.8 Å². The first-order valence-electron chi connectivity index (χ1n) is 4.41. The molecule has 1 fully saturated rings. The molecule has 0 aliphatic heterocycles. The Hall–Kier alpha value is -0.590. The van der Waals surface area contributed by atoms with Crippen LogP contribution in [-0.2, 0) is 5.41 Å². The van der Waals surface area contributed by atoms with Crippen LogP contribution < -0.4 is 0 Å². The fourth-order valence-electron chi connectivity index (χ4n) is 1.75. The first-order valence-corrected chi connectivity index (χ1v) is 5.58. The van der Waals surface area contributed by atoms with Gasteiger partial charge in [-0.3, -0.25) is 0 Å². The van der Waals surface area contributed by atoms with E-state index in [-0.39, 0.29) is 5.41 Å². The minimum Gasteiger partial charge on any atom is -0.243 e. The molecule has 0 unspecified atom stereocenters. The predicted octanol–water partition coefficient (Wildman–Crippen LogP) is 3.44. The second-order valence-corrected chi connectivity index (χ2v) is 4.78. The average molecular weight is 272 g/mol. The lowest BCUT2D eigenvalue weighted by Gasteiger charge is -2.36. The Balaban J connectivity index is 2.50. The van der Waals surface area contributed by atoms with Crippen molar-refractivity contribution in [2.24, 2.45) is 0 Å². The summed E-state index contributed by atoms with van der Waals surface area (Å²) in [5.74, 6) is 0. The van der Waals surface area contributed by atoms with E-state index in [0.29, 0.717) is 5.15 Å². The van der Waals surface area contributed by atoms with Crippen molar-refractivity contribution in [1.82, 2.24) is 4.98 Å². The van der Waals surface area contributed by atoms with E-state index >= 15 is 0 Å². The molecule has 1 aromatic heterocycles. The van der Waals surface area contributed by atoms with E-state index in [2.05, 4.69) is 27.0 Å². The number of halogens is 2. The molecule has 2 nitrogen and oxygen atoms in total. The molecular weight excluding hydrogens is 263 g/mol. The summed E-state index contributed by atoms with van der Waals surface area (Å²) >= 11 is 9.23. The van der Waals surface area contributed by atoms with Crippen LogP contribution in [0.3, 0.4) is 0 Å². The summed E-state index contributed by atoms with van der Waals surface area (Å²) in [6.45, 7) is 0. The van der Waals surface area contributed by atoms with Crippen molar-refractivity contribution in [2.45, 2.75) is 24.7 Å². The minimum atomic E-state index is -0.328. The first-order chi connectivity index (χ1) is 6.68. The molecule has 72 valence electrons. The van der Waals surface area contributed by atoms with Crippen LogP contribution in [0.25, 0.3) is 0 Å². The number of aromatic nitrogens is 1. The second-order valence-electron chi connectivity index (χ2n) is 3.53. The van der Waals surface area contributed by atoms with Crippen LogP contribution in [0.4, 0.5) is 0 Å². The van der Waals surface area contributed by atoms with E-state index in [9.17, 15) is 5.26 Å². The Labute approximate surface area is 96.0 Å². The highest BCUT2D eigenvalue weighted by Crippen LogP contribution is 2.45. The quantitative estimate of drug-likeness (QED) is 0.734. The van der Waals surface area contributed by atoms with Gasteiger partial charge < -0.3 is 0 Å². The summed E-state index contributed by atoms with van der Waals surface area (Å²) in [6.07, 6.45) is 4.61. The molecule has 0 spiro atoms. The van der Waals surface area contributed by atoms with E-state index < -0.39 is 0 Å². The molecule has 1 aromatic rings. The lowest BCUT2D eigenvalue weighted by atomic mass is 9.66. The molecule has 2 rings (SSSR count). The molecule has 1 aliphatic rings. The third-order valence-electron chi connectivity index (χ3n) is 2.76. The largest absolute Gasteiger partial charge is 0.243 e. The summed E-state index contributed by atoms with van der Waals surface area (Å²) in [5, 5.41) is 9.62. The van der Waals surface area contributed by atoms with Gasteiger partial charge >= 0.3 is 0 Å². The summed E-state index contributed by atoms with van der Waals surface area (Å²) < 4.78 is 0.878. The third kappa shape index (κ3) is 1.43. The van der Waals surface area contributed by atoms with Gasteiger partial charge in [-0.15, -0.1) is 0 Å². The van der Waals surface area contributed by atoms with Crippen LogP contribution >= 0.6 is 27.5 Å². The van der Waals surface area contributed by atoms with Crippen molar-refractivity contribution in [2.75, 3.05) is 0 Å². The fourth-order valence-corrected chi connectivity index (χ4v) is 2.51. The number of hydrogen-bond acceptors (Lipinski definition) is 2. The Kier molecular flexibility index (Phi) is 2.50. The van der Waals surface area contributed by atoms with E-state index in [4.69, 9.17) is 11.6 Å². The van der Waals surface area contributed by atoms with Crippen LogP contribution in [-0.4, -0.2) is 4.98 Å². The molecular formula is C10H8BrClN2. The van der Waals surface area contributed by atoms with Crippen molar-refractivity contribution < 1.29 is 0 Å². The van der Waals surface area contributed by atoms with Crippen molar-refractivity contribution in [3.05, 3.63) is 27.5 Å². The number of nitriles is 1. The highest BCUT2D eigenvalue weighted by Gasteiger charge is 2.40. The lowest BCUT2D eigenvalue weighted by Crippen LogP contribution is -2.32. The second kappa shape index (κ2) is 3.52. The minimum absolute atomic E-state index is 0.328. The van der Waals surface area contributed by atoms with E-state index in [0.717, 1.165) is 29.3 Å². The van der Waals surface area contributed by atoms with Crippen LogP contribution in [0, 0.1) is 11.3 Å². The van der Waals surface area contributed by atoms with Gasteiger partial charge in [0.15, 0.2) is 0 Å². The average Bonchev–Trinajstić information content (AvgIpc) is 2.10. The van der Waals surface area contributed by atoms with Gasteiger partial charge in [-0.2, -0.15) is 5.26 Å². The molecule has 14 heavy (non-hydrogen) atoms. The van der Waals surface area contributed by atoms with Gasteiger partial charge in [0.05, 0.1) is 11.5 Å². The van der Waals surface area contributed by atoms with Crippen LogP contribution in [0.2, 0.25) is 5.15 Å². The molecule has 0 bridgehead atoms.